The predicted molar refractivity (Wildman–Crippen MR) is 181 cm³/mol. The lowest BCUT2D eigenvalue weighted by Gasteiger charge is -2.44. The first kappa shape index (κ1) is 36.0. The van der Waals surface area contributed by atoms with Gasteiger partial charge in [-0.2, -0.15) is 0 Å². The lowest BCUT2D eigenvalue weighted by atomic mass is 9.82. The number of carbonyl (C=O) groups is 2. The second-order valence-corrected chi connectivity index (χ2v) is 14.4. The summed E-state index contributed by atoms with van der Waals surface area (Å²) in [5, 5.41) is 15.3. The van der Waals surface area contributed by atoms with E-state index in [-0.39, 0.29) is 42.5 Å². The molecular formula is C36H52ClN3O6. The molecule has 4 bridgehead atoms. The van der Waals surface area contributed by atoms with Crippen LogP contribution in [0.25, 0.3) is 0 Å². The maximum atomic E-state index is 14.0. The third-order valence-electron chi connectivity index (χ3n) is 10.2. The lowest BCUT2D eigenvalue weighted by Crippen LogP contribution is -2.57. The van der Waals surface area contributed by atoms with E-state index in [2.05, 4.69) is 11.9 Å². The highest BCUT2D eigenvalue weighted by atomic mass is 35.5. The van der Waals surface area contributed by atoms with Crippen LogP contribution < -0.4 is 10.2 Å². The monoisotopic (exact) mass is 657 g/mol. The third kappa shape index (κ3) is 7.48. The smallest absolute Gasteiger partial charge is 0.323 e. The molecule has 3 aliphatic rings. The molecule has 1 aromatic carbocycles. The second-order valence-electron chi connectivity index (χ2n) is 14.0. The molecular weight excluding hydrogens is 606 g/mol. The number of anilines is 1. The van der Waals surface area contributed by atoms with Gasteiger partial charge in [-0.25, -0.2) is 0 Å². The topological polar surface area (TPSA) is 104 Å². The van der Waals surface area contributed by atoms with Crippen LogP contribution >= 0.6 is 11.6 Å². The Balaban J connectivity index is 1.76. The fourth-order valence-electron chi connectivity index (χ4n) is 6.51. The summed E-state index contributed by atoms with van der Waals surface area (Å²) in [7, 11) is 3.57. The van der Waals surface area contributed by atoms with E-state index < -0.39 is 41.6 Å². The van der Waals surface area contributed by atoms with Gasteiger partial charge in [-0.3, -0.25) is 14.5 Å². The maximum absolute atomic E-state index is 14.0. The highest BCUT2D eigenvalue weighted by molar-refractivity contribution is 6.34. The van der Waals surface area contributed by atoms with Crippen molar-refractivity contribution in [3.8, 4) is 0 Å². The van der Waals surface area contributed by atoms with E-state index in [4.69, 9.17) is 25.8 Å². The minimum atomic E-state index is -1.30. The molecule has 4 rings (SSSR count). The SMILES string of the molecule is C=C1N[C@]2(O)CC(O1)[C@@H](C)[C@@H]1O[C@@]1(C)[C@@H](OC(=O)[C@H](C)N(C)C(C)C)CC(=O)N(C)c1cc(cc(C)c1Cl)C/C(C)=C/C=C/[C@H]2C. The van der Waals surface area contributed by atoms with E-state index in [9.17, 15) is 14.7 Å². The molecule has 0 radical (unpaired) electrons. The van der Waals surface area contributed by atoms with Crippen LogP contribution in [0.2, 0.25) is 5.02 Å². The van der Waals surface area contributed by atoms with Gasteiger partial charge >= 0.3 is 5.97 Å². The van der Waals surface area contributed by atoms with Gasteiger partial charge in [0, 0.05) is 31.3 Å². The third-order valence-corrected chi connectivity index (χ3v) is 10.7. The van der Waals surface area contributed by atoms with Crippen molar-refractivity contribution in [1.29, 1.82) is 0 Å². The number of rotatable bonds is 4. The summed E-state index contributed by atoms with van der Waals surface area (Å²) in [6, 6.07) is 3.54. The summed E-state index contributed by atoms with van der Waals surface area (Å²) in [6.45, 7) is 19.6. The van der Waals surface area contributed by atoms with Crippen molar-refractivity contribution in [2.24, 2.45) is 11.8 Å². The highest BCUT2D eigenvalue weighted by Gasteiger charge is 2.64. The van der Waals surface area contributed by atoms with Crippen molar-refractivity contribution in [3.05, 3.63) is 64.5 Å². The number of nitrogens with zero attached hydrogens (tertiary/aromatic N) is 2. The standard InChI is InChI=1S/C36H52ClN3O6/c1-20(2)39(10)25(7)34(42)45-30-18-31(41)40(11)28-17-27(16-22(4)32(28)37)15-21(3)13-12-14-23(5)36(43)19-29(44-26(8)38-36)24(6)33-35(30,9)46-33/h12-14,16-17,20,23-25,29-30,33,38,43H,8,15,18-19H2,1-7,9-11H3/b14-12+,21-13+/t23-,24-,25+,29?,30+,33+,35+,36+/m1/s1. The number of nitrogens with one attached hydrogen (secondary N) is 1. The molecule has 0 spiro atoms. The molecule has 2 fully saturated rings. The Morgan fingerprint density at radius 3 is 2.59 bits per heavy atom. The molecule has 8 atom stereocenters. The molecule has 1 aromatic rings. The van der Waals surface area contributed by atoms with Gasteiger partial charge in [0.25, 0.3) is 0 Å². The van der Waals surface area contributed by atoms with Crippen LogP contribution in [0.3, 0.4) is 0 Å². The highest BCUT2D eigenvalue weighted by Crippen LogP contribution is 2.49. The molecule has 1 unspecified atom stereocenters. The number of likely N-dealkylation sites (N-methyl/N-ethyl adjacent to an activating group) is 1. The van der Waals surface area contributed by atoms with Gasteiger partial charge in [0.1, 0.15) is 29.6 Å². The number of ether oxygens (including phenoxy) is 3. The quantitative estimate of drug-likeness (QED) is 0.316. The van der Waals surface area contributed by atoms with Gasteiger partial charge < -0.3 is 29.5 Å². The fraction of sp³-hybridized carbons (Fsp3) is 0.611. The number of hydrogen-bond acceptors (Lipinski definition) is 8. The van der Waals surface area contributed by atoms with Gasteiger partial charge in [0.2, 0.25) is 5.91 Å². The molecule has 9 nitrogen and oxygen atoms in total. The van der Waals surface area contributed by atoms with Gasteiger partial charge in [-0.1, -0.05) is 55.3 Å². The molecule has 3 heterocycles. The average molecular weight is 658 g/mol. The number of epoxide rings is 1. The number of fused-ring (bicyclic) bond motifs is 5. The molecule has 3 aliphatic heterocycles. The van der Waals surface area contributed by atoms with Crippen molar-refractivity contribution >= 4 is 29.2 Å². The zero-order chi connectivity index (χ0) is 34.3. The number of esters is 1. The summed E-state index contributed by atoms with van der Waals surface area (Å²) in [5.74, 6) is -0.911. The zero-order valence-electron chi connectivity index (χ0n) is 29.0. The normalized spacial score (nSPS) is 34.6. The Kier molecular flexibility index (Phi) is 10.7. The van der Waals surface area contributed by atoms with Crippen LogP contribution in [-0.4, -0.2) is 77.7 Å². The van der Waals surface area contributed by atoms with Crippen molar-refractivity contribution < 1.29 is 28.9 Å². The Bertz CT molecular complexity index is 1410. The first-order valence-corrected chi connectivity index (χ1v) is 16.6. The molecule has 46 heavy (non-hydrogen) atoms. The summed E-state index contributed by atoms with van der Waals surface area (Å²) in [4.78, 5) is 31.0. The van der Waals surface area contributed by atoms with E-state index in [1.54, 1.807) is 18.9 Å². The maximum Gasteiger partial charge on any atom is 0.323 e. The van der Waals surface area contributed by atoms with E-state index in [0.717, 1.165) is 16.7 Å². The van der Waals surface area contributed by atoms with Crippen molar-refractivity contribution in [3.63, 3.8) is 0 Å². The number of aliphatic hydroxyl groups is 1. The molecule has 254 valence electrons. The van der Waals surface area contributed by atoms with Gasteiger partial charge in [0.15, 0.2) is 5.88 Å². The van der Waals surface area contributed by atoms with Gasteiger partial charge in [0.05, 0.1) is 23.2 Å². The molecule has 0 aromatic heterocycles. The number of hydrogen-bond donors (Lipinski definition) is 2. The van der Waals surface area contributed by atoms with Crippen molar-refractivity contribution in [2.75, 3.05) is 19.0 Å². The van der Waals surface area contributed by atoms with E-state index in [1.165, 1.54) is 0 Å². The lowest BCUT2D eigenvalue weighted by molar-refractivity contribution is -0.159. The number of halogens is 1. The van der Waals surface area contributed by atoms with Crippen LogP contribution in [-0.2, 0) is 30.2 Å². The van der Waals surface area contributed by atoms with E-state index in [0.29, 0.717) is 17.1 Å². The summed E-state index contributed by atoms with van der Waals surface area (Å²) >= 11 is 6.77. The minimum Gasteiger partial charge on any atom is -0.476 e. The summed E-state index contributed by atoms with van der Waals surface area (Å²) in [5.41, 5.74) is 1.29. The second kappa shape index (κ2) is 13.7. The van der Waals surface area contributed by atoms with Crippen LogP contribution in [0.1, 0.15) is 72.4 Å². The first-order chi connectivity index (χ1) is 21.4. The molecule has 10 heteroatoms. The van der Waals surface area contributed by atoms with Crippen LogP contribution in [0, 0.1) is 18.8 Å². The Labute approximate surface area is 279 Å². The molecule has 1 amide bonds. The van der Waals surface area contributed by atoms with Gasteiger partial charge in [-0.05, 0) is 78.8 Å². The van der Waals surface area contributed by atoms with E-state index in [1.807, 2.05) is 90.8 Å². The number of carbonyl (C=O) groups excluding carboxylic acids is 2. The largest absolute Gasteiger partial charge is 0.476 e. The number of aryl methyl sites for hydroxylation is 1. The van der Waals surface area contributed by atoms with Crippen LogP contribution in [0.4, 0.5) is 5.69 Å². The predicted octanol–water partition coefficient (Wildman–Crippen LogP) is 5.67. The van der Waals surface area contributed by atoms with Crippen LogP contribution in [0.15, 0.2) is 48.4 Å². The molecule has 0 aliphatic carbocycles. The Morgan fingerprint density at radius 1 is 1.26 bits per heavy atom. The number of allylic oxidation sites excluding steroid dienone is 3. The summed E-state index contributed by atoms with van der Waals surface area (Å²) < 4.78 is 18.6. The minimum absolute atomic E-state index is 0.108. The van der Waals surface area contributed by atoms with Gasteiger partial charge in [-0.15, -0.1) is 0 Å². The van der Waals surface area contributed by atoms with Crippen molar-refractivity contribution in [2.45, 2.75) is 116 Å². The molecule has 2 saturated heterocycles. The summed E-state index contributed by atoms with van der Waals surface area (Å²) in [6.07, 6.45) is 5.05. The zero-order valence-corrected chi connectivity index (χ0v) is 29.8. The molecule has 0 saturated carbocycles. The van der Waals surface area contributed by atoms with Crippen molar-refractivity contribution in [1.82, 2.24) is 10.2 Å². The fourth-order valence-corrected chi connectivity index (χ4v) is 6.74. The van der Waals surface area contributed by atoms with Crippen LogP contribution in [0.5, 0.6) is 0 Å². The average Bonchev–Trinajstić information content (AvgIpc) is 3.68. The Morgan fingerprint density at radius 2 is 1.93 bits per heavy atom. The number of amides is 1. The molecule has 2 N–H and O–H groups in total. The number of benzene rings is 1. The van der Waals surface area contributed by atoms with E-state index >= 15 is 0 Å². The Hall–Kier alpha value is -2.85. The first-order valence-electron chi connectivity index (χ1n) is 16.2.